The molecule has 3 aromatic rings. The number of likely N-dealkylation sites (tertiary alicyclic amines) is 1. The maximum absolute atomic E-state index is 11.6. The monoisotopic (exact) mass is 510 g/mol. The van der Waals surface area contributed by atoms with Gasteiger partial charge in [0.2, 0.25) is 11.8 Å². The number of anilines is 2. The highest BCUT2D eigenvalue weighted by molar-refractivity contribution is 7.22. The molecule has 1 atom stereocenters. The Morgan fingerprint density at radius 3 is 2.75 bits per heavy atom. The molecule has 1 amide bonds. The van der Waals surface area contributed by atoms with Crippen molar-refractivity contribution in [2.75, 3.05) is 56.7 Å². The van der Waals surface area contributed by atoms with Gasteiger partial charge in [0, 0.05) is 32.2 Å². The van der Waals surface area contributed by atoms with E-state index in [1.54, 1.807) is 18.4 Å². The minimum absolute atomic E-state index is 0.0675. The Labute approximate surface area is 213 Å². The van der Waals surface area contributed by atoms with E-state index in [0.717, 1.165) is 28.9 Å². The number of amides is 1. The number of fused-ring (bicyclic) bond motifs is 1. The van der Waals surface area contributed by atoms with Crippen LogP contribution in [-0.2, 0) is 4.74 Å². The Bertz CT molecular complexity index is 1270. The Balaban J connectivity index is 1.43. The molecule has 4 heterocycles. The van der Waals surface area contributed by atoms with Crippen molar-refractivity contribution in [3.8, 4) is 16.5 Å². The zero-order valence-electron chi connectivity index (χ0n) is 20.3. The second-order valence-corrected chi connectivity index (χ2v) is 10.6. The fraction of sp³-hybridized carbons (Fsp3) is 0.520. The number of aromatic nitrogens is 3. The second kappa shape index (κ2) is 9.70. The first kappa shape index (κ1) is 23.2. The number of thiazole rings is 1. The van der Waals surface area contributed by atoms with Gasteiger partial charge in [-0.05, 0) is 43.2 Å². The highest BCUT2D eigenvalue weighted by Gasteiger charge is 2.30. The maximum Gasteiger partial charge on any atom is 0.407 e. The van der Waals surface area contributed by atoms with Gasteiger partial charge in [0.25, 0.3) is 0 Å². The van der Waals surface area contributed by atoms with Crippen molar-refractivity contribution in [1.29, 1.82) is 0 Å². The minimum Gasteiger partial charge on any atom is -0.480 e. The number of hydrogen-bond donors (Lipinski definition) is 2. The number of nitrogens with one attached hydrogen (secondary N) is 1. The van der Waals surface area contributed by atoms with Gasteiger partial charge >= 0.3 is 6.09 Å². The first-order valence-corrected chi connectivity index (χ1v) is 13.4. The van der Waals surface area contributed by atoms with E-state index in [1.165, 1.54) is 28.0 Å². The zero-order valence-corrected chi connectivity index (χ0v) is 21.1. The number of morpholine rings is 1. The highest BCUT2D eigenvalue weighted by atomic mass is 32.1. The smallest absolute Gasteiger partial charge is 0.407 e. The van der Waals surface area contributed by atoms with Gasteiger partial charge in [-0.1, -0.05) is 12.1 Å². The third-order valence-corrected chi connectivity index (χ3v) is 8.20. The van der Waals surface area contributed by atoms with Gasteiger partial charge in [-0.3, -0.25) is 0 Å². The molecule has 2 N–H and O–H groups in total. The summed E-state index contributed by atoms with van der Waals surface area (Å²) < 4.78 is 12.5. The number of carbonyl (C=O) groups is 1. The van der Waals surface area contributed by atoms with Crippen LogP contribution in [0.2, 0.25) is 0 Å². The molecular weight excluding hydrogens is 480 g/mol. The van der Waals surface area contributed by atoms with Crippen LogP contribution in [0.5, 0.6) is 5.88 Å². The van der Waals surface area contributed by atoms with E-state index in [9.17, 15) is 9.90 Å². The van der Waals surface area contributed by atoms with Crippen molar-refractivity contribution in [2.45, 2.75) is 37.6 Å². The SMILES string of the molecule is COc1nc(N2CCOCC2)nc(N[C@@H]2CCCN(C(=O)O)C2)c1-c1nc2cccc(C3CC3)c2s1. The summed E-state index contributed by atoms with van der Waals surface area (Å²) >= 11 is 1.65. The van der Waals surface area contributed by atoms with Gasteiger partial charge in [-0.25, -0.2) is 9.78 Å². The van der Waals surface area contributed by atoms with Gasteiger partial charge in [-0.2, -0.15) is 9.97 Å². The molecule has 2 saturated heterocycles. The average Bonchev–Trinajstić information content (AvgIpc) is 3.66. The van der Waals surface area contributed by atoms with Gasteiger partial charge < -0.3 is 29.7 Å². The fourth-order valence-corrected chi connectivity index (χ4v) is 6.23. The largest absolute Gasteiger partial charge is 0.480 e. The predicted octanol–water partition coefficient (Wildman–Crippen LogP) is 4.03. The van der Waals surface area contributed by atoms with E-state index < -0.39 is 6.09 Å². The highest BCUT2D eigenvalue weighted by Crippen LogP contribution is 2.47. The van der Waals surface area contributed by atoms with Crippen molar-refractivity contribution in [1.82, 2.24) is 19.9 Å². The lowest BCUT2D eigenvalue weighted by Gasteiger charge is -2.32. The van der Waals surface area contributed by atoms with Gasteiger partial charge in [0.05, 0.1) is 30.5 Å². The lowest BCUT2D eigenvalue weighted by atomic mass is 10.1. The van der Waals surface area contributed by atoms with Crippen LogP contribution in [0.15, 0.2) is 18.2 Å². The van der Waals surface area contributed by atoms with Crippen molar-refractivity contribution in [2.24, 2.45) is 0 Å². The van der Waals surface area contributed by atoms with Crippen molar-refractivity contribution < 1.29 is 19.4 Å². The first-order chi connectivity index (χ1) is 17.6. The lowest BCUT2D eigenvalue weighted by molar-refractivity contribution is 0.122. The molecule has 36 heavy (non-hydrogen) atoms. The van der Waals surface area contributed by atoms with E-state index in [0.29, 0.717) is 63.0 Å². The lowest BCUT2D eigenvalue weighted by Crippen LogP contribution is -2.44. The molecule has 1 aliphatic carbocycles. The molecule has 1 saturated carbocycles. The van der Waals surface area contributed by atoms with Gasteiger partial charge in [0.15, 0.2) is 0 Å². The molecule has 0 unspecified atom stereocenters. The van der Waals surface area contributed by atoms with Gasteiger partial charge in [0.1, 0.15) is 16.4 Å². The van der Waals surface area contributed by atoms with Crippen LogP contribution in [0.1, 0.15) is 37.2 Å². The molecule has 190 valence electrons. The van der Waals surface area contributed by atoms with E-state index in [2.05, 4.69) is 28.4 Å². The van der Waals surface area contributed by atoms with Gasteiger partial charge in [-0.15, -0.1) is 11.3 Å². The number of carboxylic acid groups (broad SMARTS) is 1. The summed E-state index contributed by atoms with van der Waals surface area (Å²) in [5.74, 6) is 2.29. The maximum atomic E-state index is 11.6. The first-order valence-electron chi connectivity index (χ1n) is 12.5. The summed E-state index contributed by atoms with van der Waals surface area (Å²) in [7, 11) is 1.62. The van der Waals surface area contributed by atoms with Crippen LogP contribution in [0.25, 0.3) is 20.8 Å². The summed E-state index contributed by atoms with van der Waals surface area (Å²) in [6, 6.07) is 6.27. The van der Waals surface area contributed by atoms with E-state index >= 15 is 0 Å². The molecule has 2 aliphatic heterocycles. The van der Waals surface area contributed by atoms with Crippen molar-refractivity contribution >= 4 is 39.4 Å². The zero-order chi connectivity index (χ0) is 24.6. The van der Waals surface area contributed by atoms with Crippen molar-refractivity contribution in [3.63, 3.8) is 0 Å². The molecule has 0 bridgehead atoms. The summed E-state index contributed by atoms with van der Waals surface area (Å²) in [4.78, 5) is 29.9. The second-order valence-electron chi connectivity index (χ2n) is 9.56. The number of piperidine rings is 1. The summed E-state index contributed by atoms with van der Waals surface area (Å²) in [5, 5.41) is 13.9. The molecule has 11 heteroatoms. The number of methoxy groups -OCH3 is 1. The molecule has 2 aromatic heterocycles. The Kier molecular flexibility index (Phi) is 6.26. The fourth-order valence-electron chi connectivity index (χ4n) is 5.03. The minimum atomic E-state index is -0.894. The van der Waals surface area contributed by atoms with E-state index in [-0.39, 0.29) is 6.04 Å². The third-order valence-electron chi connectivity index (χ3n) is 7.06. The Morgan fingerprint density at radius 1 is 1.17 bits per heavy atom. The quantitative estimate of drug-likeness (QED) is 0.507. The van der Waals surface area contributed by atoms with Crippen LogP contribution >= 0.6 is 11.3 Å². The number of hydrogen-bond acceptors (Lipinski definition) is 9. The molecule has 6 rings (SSSR count). The van der Waals surface area contributed by atoms with Crippen LogP contribution in [-0.4, -0.2) is 83.6 Å². The normalized spacial score (nSPS) is 20.5. The number of rotatable bonds is 6. The third kappa shape index (κ3) is 4.53. The van der Waals surface area contributed by atoms with Crippen molar-refractivity contribution in [3.05, 3.63) is 23.8 Å². The Hall–Kier alpha value is -3.18. The number of nitrogens with zero attached hydrogens (tertiary/aromatic N) is 5. The molecule has 3 aliphatic rings. The summed E-state index contributed by atoms with van der Waals surface area (Å²) in [6.45, 7) is 3.59. The molecule has 10 nitrogen and oxygen atoms in total. The standard InChI is InChI=1S/C25H30N6O4S/c1-34-22-19(23-27-18-6-2-5-17(15-7-8-15)20(18)36-23)21(26-16-4-3-9-31(14-16)25(32)33)28-24(29-22)30-10-12-35-13-11-30/h2,5-6,15-16H,3-4,7-14H2,1H3,(H,32,33)(H,26,28,29)/t16-/m1/s1. The molecule has 1 aromatic carbocycles. The predicted molar refractivity (Wildman–Crippen MR) is 138 cm³/mol. The molecule has 0 spiro atoms. The van der Waals surface area contributed by atoms with Crippen LogP contribution in [0.3, 0.4) is 0 Å². The number of benzene rings is 1. The van der Waals surface area contributed by atoms with Crippen LogP contribution < -0.4 is 15.0 Å². The topological polar surface area (TPSA) is 113 Å². The Morgan fingerprint density at radius 2 is 2.00 bits per heavy atom. The molecular formula is C25H30N6O4S. The van der Waals surface area contributed by atoms with E-state index in [4.69, 9.17) is 24.4 Å². The number of ether oxygens (including phenoxy) is 2. The average molecular weight is 511 g/mol. The molecule has 0 radical (unpaired) electrons. The summed E-state index contributed by atoms with van der Waals surface area (Å²) in [6.07, 6.45) is 3.20. The summed E-state index contributed by atoms with van der Waals surface area (Å²) in [5.41, 5.74) is 3.06. The van der Waals surface area contributed by atoms with Crippen LogP contribution in [0, 0.1) is 0 Å². The van der Waals surface area contributed by atoms with E-state index in [1.807, 2.05) is 0 Å². The molecule has 3 fully saturated rings. The van der Waals surface area contributed by atoms with Crippen LogP contribution in [0.4, 0.5) is 16.6 Å².